The summed E-state index contributed by atoms with van der Waals surface area (Å²) in [6, 6.07) is 12.6. The molecule has 1 heterocycles. The number of benzene rings is 2. The van der Waals surface area contributed by atoms with E-state index in [1.54, 1.807) is 49.4 Å². The van der Waals surface area contributed by atoms with Gasteiger partial charge in [0, 0.05) is 0 Å². The monoisotopic (exact) mass is 366 g/mol. The Morgan fingerprint density at radius 2 is 1.89 bits per heavy atom. The highest BCUT2D eigenvalue weighted by Gasteiger charge is 2.23. The molecule has 2 amide bonds. The van der Waals surface area contributed by atoms with Crippen molar-refractivity contribution >= 4 is 22.9 Å². The summed E-state index contributed by atoms with van der Waals surface area (Å²) in [6.07, 6.45) is -0.839. The van der Waals surface area contributed by atoms with Gasteiger partial charge in [0.2, 0.25) is 5.91 Å². The molecule has 0 spiro atoms. The van der Waals surface area contributed by atoms with Gasteiger partial charge in [0.25, 0.3) is 5.56 Å². The average Bonchev–Trinajstić information content (AvgIpc) is 2.65. The number of amides is 2. The molecule has 4 N–H and O–H groups in total. The van der Waals surface area contributed by atoms with Crippen molar-refractivity contribution in [2.75, 3.05) is 0 Å². The van der Waals surface area contributed by atoms with Crippen LogP contribution in [0, 0.1) is 0 Å². The highest BCUT2D eigenvalue weighted by molar-refractivity contribution is 6.05. The van der Waals surface area contributed by atoms with Crippen molar-refractivity contribution in [3.63, 3.8) is 0 Å². The lowest BCUT2D eigenvalue weighted by atomic mass is 10.1. The second-order valence-electron chi connectivity index (χ2n) is 5.92. The van der Waals surface area contributed by atoms with Crippen molar-refractivity contribution in [3.8, 4) is 5.69 Å². The van der Waals surface area contributed by atoms with Crippen molar-refractivity contribution in [1.29, 1.82) is 0 Å². The normalized spacial score (nSPS) is 11.9. The topological polar surface area (TPSA) is 127 Å². The summed E-state index contributed by atoms with van der Waals surface area (Å²) < 4.78 is 1.32. The van der Waals surface area contributed by atoms with Crippen molar-refractivity contribution < 1.29 is 14.7 Å². The number of hydrogen-bond acceptors (Lipinski definition) is 4. The van der Waals surface area contributed by atoms with Crippen LogP contribution in [0.5, 0.6) is 0 Å². The van der Waals surface area contributed by atoms with Gasteiger partial charge in [-0.25, -0.2) is 9.78 Å². The summed E-state index contributed by atoms with van der Waals surface area (Å²) in [4.78, 5) is 40.8. The summed E-state index contributed by atoms with van der Waals surface area (Å²) in [5.41, 5.74) is 5.80. The smallest absolute Gasteiger partial charge is 0.405 e. The third-order valence-corrected chi connectivity index (χ3v) is 4.22. The average molecular weight is 366 g/mol. The Bertz CT molecular complexity index is 1080. The van der Waals surface area contributed by atoms with Crippen molar-refractivity contribution in [1.82, 2.24) is 14.9 Å². The summed E-state index contributed by atoms with van der Waals surface area (Å²) in [5, 5.41) is 11.6. The number of carbonyl (C=O) groups is 2. The van der Waals surface area contributed by atoms with Gasteiger partial charge in [0.1, 0.15) is 5.82 Å². The number of fused-ring (bicyclic) bond motifs is 1. The molecule has 3 aromatic rings. The Balaban J connectivity index is 2.42. The Morgan fingerprint density at radius 1 is 1.19 bits per heavy atom. The third kappa shape index (κ3) is 3.37. The van der Waals surface area contributed by atoms with Crippen molar-refractivity contribution in [2.24, 2.45) is 5.73 Å². The van der Waals surface area contributed by atoms with Crippen molar-refractivity contribution in [2.45, 2.75) is 19.4 Å². The van der Waals surface area contributed by atoms with Crippen LogP contribution in [0.3, 0.4) is 0 Å². The van der Waals surface area contributed by atoms with E-state index < -0.39 is 23.6 Å². The third-order valence-electron chi connectivity index (χ3n) is 4.22. The molecule has 2 aromatic carbocycles. The van der Waals surface area contributed by atoms with E-state index in [4.69, 9.17) is 10.8 Å². The molecular weight excluding hydrogens is 348 g/mol. The van der Waals surface area contributed by atoms with Gasteiger partial charge in [0.05, 0.1) is 28.2 Å². The molecule has 1 aromatic heterocycles. The molecule has 27 heavy (non-hydrogen) atoms. The van der Waals surface area contributed by atoms with E-state index >= 15 is 0 Å². The van der Waals surface area contributed by atoms with E-state index in [1.807, 2.05) is 0 Å². The Kier molecular flexibility index (Phi) is 4.89. The lowest BCUT2D eigenvalue weighted by Gasteiger charge is -2.20. The largest absolute Gasteiger partial charge is 0.465 e. The molecule has 8 nitrogen and oxygen atoms in total. The van der Waals surface area contributed by atoms with Gasteiger partial charge < -0.3 is 16.2 Å². The Labute approximate surface area is 154 Å². The van der Waals surface area contributed by atoms with Gasteiger partial charge in [-0.15, -0.1) is 0 Å². The molecule has 0 bridgehead atoms. The van der Waals surface area contributed by atoms with E-state index in [-0.39, 0.29) is 22.3 Å². The quantitative estimate of drug-likeness (QED) is 0.638. The van der Waals surface area contributed by atoms with Gasteiger partial charge in [-0.1, -0.05) is 31.2 Å². The minimum Gasteiger partial charge on any atom is -0.465 e. The molecule has 0 saturated carbocycles. The molecule has 0 aliphatic heterocycles. The SMILES string of the molecule is CCC(NC(=O)O)c1nc2cccc(C(N)=O)c2c(=O)n1-c1ccccc1. The van der Waals surface area contributed by atoms with Crippen molar-refractivity contribution in [3.05, 3.63) is 70.3 Å². The lowest BCUT2D eigenvalue weighted by molar-refractivity contribution is 0.100. The highest BCUT2D eigenvalue weighted by Crippen LogP contribution is 2.22. The first-order valence-electron chi connectivity index (χ1n) is 8.34. The molecular formula is C19H18N4O4. The molecule has 3 rings (SSSR count). The summed E-state index contributed by atoms with van der Waals surface area (Å²) in [6.45, 7) is 1.78. The zero-order valence-corrected chi connectivity index (χ0v) is 14.5. The van der Waals surface area contributed by atoms with Crippen LogP contribution < -0.4 is 16.6 Å². The number of nitrogens with zero attached hydrogens (tertiary/aromatic N) is 2. The molecule has 138 valence electrons. The second kappa shape index (κ2) is 7.28. The van der Waals surface area contributed by atoms with Crippen LogP contribution in [0.1, 0.15) is 35.6 Å². The minimum atomic E-state index is -1.22. The fourth-order valence-electron chi connectivity index (χ4n) is 3.01. The zero-order valence-electron chi connectivity index (χ0n) is 14.5. The maximum absolute atomic E-state index is 13.3. The number of rotatable bonds is 5. The fourth-order valence-corrected chi connectivity index (χ4v) is 3.01. The number of nitrogens with two attached hydrogens (primary N) is 1. The molecule has 1 unspecified atom stereocenters. The van der Waals surface area contributed by atoms with Gasteiger partial charge in [-0.3, -0.25) is 14.2 Å². The number of aromatic nitrogens is 2. The van der Waals surface area contributed by atoms with Gasteiger partial charge >= 0.3 is 6.09 Å². The Morgan fingerprint density at radius 3 is 2.48 bits per heavy atom. The predicted octanol–water partition coefficient (Wildman–Crippen LogP) is 2.20. The Hall–Kier alpha value is -3.68. The summed E-state index contributed by atoms with van der Waals surface area (Å²) in [7, 11) is 0. The lowest BCUT2D eigenvalue weighted by Crippen LogP contribution is -2.34. The van der Waals surface area contributed by atoms with Crippen LogP contribution >= 0.6 is 0 Å². The molecule has 0 aliphatic carbocycles. The van der Waals surface area contributed by atoms with Gasteiger partial charge in [-0.05, 0) is 30.7 Å². The number of carbonyl (C=O) groups excluding carboxylic acids is 1. The first-order chi connectivity index (χ1) is 12.9. The summed E-state index contributed by atoms with van der Waals surface area (Å²) in [5.74, 6) is -0.493. The van der Waals surface area contributed by atoms with E-state index in [0.717, 1.165) is 0 Å². The molecule has 8 heteroatoms. The van der Waals surface area contributed by atoms with Gasteiger partial charge in [0.15, 0.2) is 0 Å². The highest BCUT2D eigenvalue weighted by atomic mass is 16.4. The van der Waals surface area contributed by atoms with Crippen LogP contribution in [-0.2, 0) is 0 Å². The number of primary amides is 1. The molecule has 1 atom stereocenters. The number of para-hydroxylation sites is 1. The predicted molar refractivity (Wildman–Crippen MR) is 100 cm³/mol. The summed E-state index contributed by atoms with van der Waals surface area (Å²) >= 11 is 0. The number of hydrogen-bond donors (Lipinski definition) is 3. The second-order valence-corrected chi connectivity index (χ2v) is 5.92. The number of carboxylic acid groups (broad SMARTS) is 1. The van der Waals surface area contributed by atoms with Crippen LogP contribution in [0.15, 0.2) is 53.3 Å². The van der Waals surface area contributed by atoms with Crippen LogP contribution in [0.2, 0.25) is 0 Å². The van der Waals surface area contributed by atoms with Crippen LogP contribution in [-0.4, -0.2) is 26.7 Å². The van der Waals surface area contributed by atoms with Crippen LogP contribution in [0.4, 0.5) is 4.79 Å². The van der Waals surface area contributed by atoms with Gasteiger partial charge in [-0.2, -0.15) is 0 Å². The standard InChI is InChI=1S/C19H18N4O4/c1-2-13(22-19(26)27)17-21-14-10-6-9-12(16(20)24)15(14)18(25)23(17)11-7-4-3-5-8-11/h3-10,13,22H,2H2,1H3,(H2,20,24)(H,26,27). The van der Waals surface area contributed by atoms with E-state index in [2.05, 4.69) is 10.3 Å². The maximum Gasteiger partial charge on any atom is 0.405 e. The molecule has 0 radical (unpaired) electrons. The van der Waals surface area contributed by atoms with E-state index in [9.17, 15) is 14.4 Å². The molecule has 0 fully saturated rings. The van der Waals surface area contributed by atoms with E-state index in [1.165, 1.54) is 10.6 Å². The zero-order chi connectivity index (χ0) is 19.6. The first-order valence-corrected chi connectivity index (χ1v) is 8.34. The molecule has 0 saturated heterocycles. The number of nitrogens with one attached hydrogen (secondary N) is 1. The van der Waals surface area contributed by atoms with Crippen LogP contribution in [0.25, 0.3) is 16.6 Å². The first kappa shape index (κ1) is 18.1. The fraction of sp³-hybridized carbons (Fsp3) is 0.158. The minimum absolute atomic E-state index is 0.0699. The molecule has 0 aliphatic rings. The maximum atomic E-state index is 13.3. The van der Waals surface area contributed by atoms with E-state index in [0.29, 0.717) is 12.1 Å².